The molecule has 1 aromatic carbocycles. The van der Waals surface area contributed by atoms with Crippen LogP contribution in [0.25, 0.3) is 0 Å². The maximum absolute atomic E-state index is 12.3. The molecule has 2 N–H and O–H groups in total. The highest BCUT2D eigenvalue weighted by atomic mass is 32.2. The summed E-state index contributed by atoms with van der Waals surface area (Å²) in [6, 6.07) is 7.36. The van der Waals surface area contributed by atoms with Crippen molar-refractivity contribution in [2.45, 2.75) is 37.5 Å². The summed E-state index contributed by atoms with van der Waals surface area (Å²) < 4.78 is 20.5. The second-order valence-corrected chi connectivity index (χ2v) is 8.29. The number of rotatable bonds is 5. The van der Waals surface area contributed by atoms with Gasteiger partial charge in [0.15, 0.2) is 0 Å². The average Bonchev–Trinajstić information content (AvgIpc) is 2.32. The van der Waals surface area contributed by atoms with Crippen molar-refractivity contribution in [2.75, 3.05) is 13.2 Å². The second kappa shape index (κ2) is 5.87. The highest BCUT2D eigenvalue weighted by Crippen LogP contribution is 2.31. The minimum Gasteiger partial charge on any atom is -0.481 e. The third-order valence-electron chi connectivity index (χ3n) is 3.40. The first-order valence-corrected chi connectivity index (χ1v) is 7.97. The summed E-state index contributed by atoms with van der Waals surface area (Å²) in [6.45, 7) is 6.68. The molecule has 0 bridgehead atoms. The Bertz CT molecular complexity index is 544. The molecule has 1 aromatic rings. The molecule has 116 valence electrons. The molecule has 0 aliphatic carbocycles. The fourth-order valence-electron chi connectivity index (χ4n) is 2.04. The molecule has 2 rings (SSSR count). The van der Waals surface area contributed by atoms with Gasteiger partial charge in [0.05, 0.1) is 35.4 Å². The van der Waals surface area contributed by atoms with E-state index in [2.05, 4.69) is 4.72 Å². The Morgan fingerprint density at radius 2 is 1.90 bits per heavy atom. The molecule has 1 aliphatic heterocycles. The fraction of sp³-hybridized carbons (Fsp3) is 0.533. The second-order valence-electron chi connectivity index (χ2n) is 6.33. The summed E-state index contributed by atoms with van der Waals surface area (Å²) in [7, 11) is -1.19. The zero-order valence-corrected chi connectivity index (χ0v) is 13.3. The van der Waals surface area contributed by atoms with Crippen molar-refractivity contribution < 1.29 is 18.8 Å². The number of aliphatic carboxylic acids is 1. The van der Waals surface area contributed by atoms with Gasteiger partial charge >= 0.3 is 5.97 Å². The van der Waals surface area contributed by atoms with Crippen LogP contribution in [-0.4, -0.2) is 33.2 Å². The van der Waals surface area contributed by atoms with E-state index in [1.54, 1.807) is 12.1 Å². The van der Waals surface area contributed by atoms with E-state index in [1.807, 2.05) is 32.9 Å². The number of ether oxygens (including phenoxy) is 1. The van der Waals surface area contributed by atoms with Crippen LogP contribution in [0.3, 0.4) is 0 Å². The molecule has 0 saturated carbocycles. The van der Waals surface area contributed by atoms with E-state index in [4.69, 9.17) is 9.84 Å². The Morgan fingerprint density at radius 1 is 1.33 bits per heavy atom. The zero-order valence-electron chi connectivity index (χ0n) is 12.5. The minimum absolute atomic E-state index is 0.00509. The molecule has 1 aliphatic rings. The first-order valence-electron chi connectivity index (χ1n) is 6.82. The van der Waals surface area contributed by atoms with Gasteiger partial charge in [-0.15, -0.1) is 0 Å². The normalized spacial score (nSPS) is 18.8. The largest absolute Gasteiger partial charge is 0.481 e. The first kappa shape index (κ1) is 16.1. The van der Waals surface area contributed by atoms with Gasteiger partial charge in [-0.05, 0) is 31.9 Å². The van der Waals surface area contributed by atoms with Gasteiger partial charge in [0.1, 0.15) is 5.54 Å². The van der Waals surface area contributed by atoms with E-state index in [-0.39, 0.29) is 11.2 Å². The van der Waals surface area contributed by atoms with Crippen molar-refractivity contribution in [1.29, 1.82) is 0 Å². The lowest BCUT2D eigenvalue weighted by molar-refractivity contribution is -0.136. The molecule has 0 spiro atoms. The van der Waals surface area contributed by atoms with Gasteiger partial charge < -0.3 is 9.84 Å². The van der Waals surface area contributed by atoms with E-state index in [0.29, 0.717) is 13.2 Å². The molecule has 21 heavy (non-hydrogen) atoms. The maximum atomic E-state index is 12.3. The molecular weight excluding hydrogens is 290 g/mol. The van der Waals surface area contributed by atoms with Crippen LogP contribution in [0.4, 0.5) is 0 Å². The third kappa shape index (κ3) is 3.70. The molecule has 0 amide bonds. The van der Waals surface area contributed by atoms with Crippen LogP contribution >= 0.6 is 0 Å². The summed E-state index contributed by atoms with van der Waals surface area (Å²) in [5, 5.41) is 8.79. The number of carboxylic acids is 1. The van der Waals surface area contributed by atoms with Crippen LogP contribution < -0.4 is 4.72 Å². The smallest absolute Gasteiger partial charge is 0.307 e. The van der Waals surface area contributed by atoms with Gasteiger partial charge in [-0.3, -0.25) is 4.79 Å². The minimum atomic E-state index is -1.19. The molecule has 1 heterocycles. The predicted octanol–water partition coefficient (Wildman–Crippen LogP) is 1.59. The number of hydrogen-bond donors (Lipinski definition) is 2. The highest BCUT2D eigenvalue weighted by Gasteiger charge is 2.43. The molecule has 5 nitrogen and oxygen atoms in total. The Morgan fingerprint density at radius 3 is 2.29 bits per heavy atom. The van der Waals surface area contributed by atoms with Gasteiger partial charge in [0.25, 0.3) is 0 Å². The van der Waals surface area contributed by atoms with Crippen molar-refractivity contribution in [3.63, 3.8) is 0 Å². The Labute approximate surface area is 127 Å². The van der Waals surface area contributed by atoms with Crippen molar-refractivity contribution in [3.8, 4) is 0 Å². The van der Waals surface area contributed by atoms with Crippen LogP contribution in [0, 0.1) is 0 Å². The lowest BCUT2D eigenvalue weighted by Gasteiger charge is -2.43. The Hall–Kier alpha value is -1.24. The molecule has 0 radical (unpaired) electrons. The van der Waals surface area contributed by atoms with E-state index in [1.165, 1.54) is 0 Å². The number of hydrogen-bond acceptors (Lipinski definition) is 3. The topological polar surface area (TPSA) is 75.6 Å². The van der Waals surface area contributed by atoms with Gasteiger partial charge in [-0.25, -0.2) is 8.93 Å². The number of carbonyl (C=O) groups is 1. The monoisotopic (exact) mass is 311 g/mol. The zero-order chi connectivity index (χ0) is 15.7. The van der Waals surface area contributed by atoms with Gasteiger partial charge in [0, 0.05) is 0 Å². The predicted molar refractivity (Wildman–Crippen MR) is 81.3 cm³/mol. The molecule has 1 fully saturated rings. The van der Waals surface area contributed by atoms with Crippen molar-refractivity contribution in [3.05, 3.63) is 35.4 Å². The molecule has 6 heteroatoms. The summed E-state index contributed by atoms with van der Waals surface area (Å²) >= 11 is 0. The van der Waals surface area contributed by atoms with E-state index < -0.39 is 22.5 Å². The lowest BCUT2D eigenvalue weighted by atomic mass is 9.88. The molecular formula is C15H21NO4S. The van der Waals surface area contributed by atoms with Gasteiger partial charge in [-0.2, -0.15) is 0 Å². The third-order valence-corrected chi connectivity index (χ3v) is 5.09. The average molecular weight is 311 g/mol. The SMILES string of the molecule is CC(C)(C)S(=O)NC1(c2ccc(CC(=O)O)cc2)COC1. The van der Waals surface area contributed by atoms with Crippen LogP contribution in [0.2, 0.25) is 0 Å². The van der Waals surface area contributed by atoms with Crippen molar-refractivity contribution >= 4 is 17.0 Å². The quantitative estimate of drug-likeness (QED) is 0.866. The van der Waals surface area contributed by atoms with E-state index in [0.717, 1.165) is 11.1 Å². The van der Waals surface area contributed by atoms with Crippen LogP contribution in [0.5, 0.6) is 0 Å². The molecule has 1 atom stereocenters. The van der Waals surface area contributed by atoms with Crippen LogP contribution in [-0.2, 0) is 32.5 Å². The Balaban J connectivity index is 2.17. The van der Waals surface area contributed by atoms with E-state index >= 15 is 0 Å². The lowest BCUT2D eigenvalue weighted by Crippen LogP contribution is -2.59. The fourth-order valence-corrected chi connectivity index (χ4v) is 2.93. The van der Waals surface area contributed by atoms with Crippen molar-refractivity contribution in [1.82, 2.24) is 4.72 Å². The van der Waals surface area contributed by atoms with Crippen molar-refractivity contribution in [2.24, 2.45) is 0 Å². The van der Waals surface area contributed by atoms with E-state index in [9.17, 15) is 9.00 Å². The summed E-state index contributed by atoms with van der Waals surface area (Å²) in [5.41, 5.74) is 1.28. The van der Waals surface area contributed by atoms with Gasteiger partial charge in [-0.1, -0.05) is 24.3 Å². The van der Waals surface area contributed by atoms with Gasteiger partial charge in [0.2, 0.25) is 0 Å². The van der Waals surface area contributed by atoms with Crippen LogP contribution in [0.15, 0.2) is 24.3 Å². The molecule has 0 aromatic heterocycles. The standard InChI is InChI=1S/C15H21NO4S/c1-14(2,3)21(19)16-15(9-20-10-15)12-6-4-11(5-7-12)8-13(17)18/h4-7,16H,8-10H2,1-3H3,(H,17,18). The maximum Gasteiger partial charge on any atom is 0.307 e. The summed E-state index contributed by atoms with van der Waals surface area (Å²) in [5.74, 6) is -0.851. The highest BCUT2D eigenvalue weighted by molar-refractivity contribution is 7.84. The first-order chi connectivity index (χ1) is 9.73. The van der Waals surface area contributed by atoms with Crippen LogP contribution in [0.1, 0.15) is 31.9 Å². The molecule has 1 unspecified atom stereocenters. The Kier molecular flexibility index (Phi) is 4.51. The number of benzene rings is 1. The summed E-state index contributed by atoms with van der Waals surface area (Å²) in [4.78, 5) is 10.7. The number of nitrogens with one attached hydrogen (secondary N) is 1. The summed E-state index contributed by atoms with van der Waals surface area (Å²) in [6.07, 6.45) is 0.00509. The molecule has 1 saturated heterocycles. The number of carboxylic acid groups (broad SMARTS) is 1.